The van der Waals surface area contributed by atoms with Crippen LogP contribution in [0.2, 0.25) is 0 Å². The first kappa shape index (κ1) is 10.3. The Bertz CT molecular complexity index is 233. The minimum absolute atomic E-state index is 0.273. The van der Waals surface area contributed by atoms with Gasteiger partial charge in [0.25, 0.3) is 0 Å². The molecule has 0 spiro atoms. The molecule has 0 fully saturated rings. The normalized spacial score (nSPS) is 9.92. The number of rotatable bonds is 5. The fraction of sp³-hybridized carbons (Fsp3) is 0.400. The second kappa shape index (κ2) is 5.75. The monoisotopic (exact) mass is 198 g/mol. The van der Waals surface area contributed by atoms with Gasteiger partial charge in [-0.3, -0.25) is 0 Å². The van der Waals surface area contributed by atoms with E-state index in [9.17, 15) is 0 Å². The highest BCUT2D eigenvalue weighted by atomic mass is 32.2. The van der Waals surface area contributed by atoms with E-state index in [1.54, 1.807) is 24.3 Å². The van der Waals surface area contributed by atoms with Crippen LogP contribution in [0.5, 0.6) is 11.5 Å². The summed E-state index contributed by atoms with van der Waals surface area (Å²) in [5.41, 5.74) is 0. The Morgan fingerprint density at radius 2 is 2.00 bits per heavy atom. The van der Waals surface area contributed by atoms with Gasteiger partial charge in [-0.2, -0.15) is 11.8 Å². The number of hydrogen-bond acceptors (Lipinski definition) is 3. The fourth-order valence-electron chi connectivity index (χ4n) is 0.905. The highest BCUT2D eigenvalue weighted by Gasteiger charge is 1.93. The van der Waals surface area contributed by atoms with Crippen molar-refractivity contribution in [2.24, 2.45) is 0 Å². The molecule has 2 nitrogen and oxygen atoms in total. The number of thioether (sulfide) groups is 1. The summed E-state index contributed by atoms with van der Waals surface area (Å²) in [5.74, 6) is 3.22. The molecule has 0 atom stereocenters. The van der Waals surface area contributed by atoms with Crippen molar-refractivity contribution >= 4 is 11.8 Å². The van der Waals surface area contributed by atoms with Gasteiger partial charge in [-0.15, -0.1) is 0 Å². The van der Waals surface area contributed by atoms with Gasteiger partial charge < -0.3 is 9.84 Å². The first-order valence-corrected chi connectivity index (χ1v) is 5.48. The molecule has 3 heteroatoms. The molecular weight excluding hydrogens is 184 g/mol. The van der Waals surface area contributed by atoms with E-state index in [2.05, 4.69) is 6.92 Å². The van der Waals surface area contributed by atoms with Crippen molar-refractivity contribution in [1.29, 1.82) is 0 Å². The molecule has 13 heavy (non-hydrogen) atoms. The maximum atomic E-state index is 9.01. The molecule has 0 aliphatic carbocycles. The zero-order valence-corrected chi connectivity index (χ0v) is 8.51. The minimum atomic E-state index is 0.273. The lowest BCUT2D eigenvalue weighted by molar-refractivity contribution is 0.343. The van der Waals surface area contributed by atoms with Crippen LogP contribution >= 0.6 is 11.8 Å². The van der Waals surface area contributed by atoms with Crippen LogP contribution in [0.3, 0.4) is 0 Å². The van der Waals surface area contributed by atoms with Gasteiger partial charge in [0, 0.05) is 5.75 Å². The molecule has 0 bridgehead atoms. The summed E-state index contributed by atoms with van der Waals surface area (Å²) in [6.07, 6.45) is 0. The van der Waals surface area contributed by atoms with Crippen LogP contribution in [0.1, 0.15) is 6.92 Å². The summed E-state index contributed by atoms with van der Waals surface area (Å²) in [4.78, 5) is 0. The molecule has 0 aliphatic rings. The van der Waals surface area contributed by atoms with E-state index in [1.807, 2.05) is 11.8 Å². The summed E-state index contributed by atoms with van der Waals surface area (Å²) in [7, 11) is 0. The minimum Gasteiger partial charge on any atom is -0.508 e. The third-order valence-corrected chi connectivity index (χ3v) is 2.40. The Morgan fingerprint density at radius 1 is 1.31 bits per heavy atom. The van der Waals surface area contributed by atoms with Crippen molar-refractivity contribution < 1.29 is 9.84 Å². The Kier molecular flexibility index (Phi) is 4.54. The number of hydrogen-bond donors (Lipinski definition) is 1. The second-order valence-electron chi connectivity index (χ2n) is 2.54. The summed E-state index contributed by atoms with van der Waals surface area (Å²) in [5, 5.41) is 9.01. The van der Waals surface area contributed by atoms with Crippen LogP contribution < -0.4 is 4.74 Å². The van der Waals surface area contributed by atoms with E-state index < -0.39 is 0 Å². The van der Waals surface area contributed by atoms with E-state index in [-0.39, 0.29) is 5.75 Å². The summed E-state index contributed by atoms with van der Waals surface area (Å²) in [6.45, 7) is 2.86. The van der Waals surface area contributed by atoms with Crippen molar-refractivity contribution in [3.05, 3.63) is 24.3 Å². The molecule has 0 radical (unpaired) electrons. The van der Waals surface area contributed by atoms with Crippen molar-refractivity contribution in [1.82, 2.24) is 0 Å². The number of phenolic OH excluding ortho intramolecular Hbond substituents is 1. The van der Waals surface area contributed by atoms with Gasteiger partial charge in [-0.25, -0.2) is 0 Å². The summed E-state index contributed by atoms with van der Waals surface area (Å²) in [6, 6.07) is 6.79. The highest BCUT2D eigenvalue weighted by molar-refractivity contribution is 7.99. The predicted octanol–water partition coefficient (Wildman–Crippen LogP) is 2.52. The van der Waals surface area contributed by atoms with Gasteiger partial charge in [0.1, 0.15) is 11.5 Å². The molecule has 0 heterocycles. The Balaban J connectivity index is 2.25. The molecule has 0 amide bonds. The van der Waals surface area contributed by atoms with Crippen molar-refractivity contribution in [2.45, 2.75) is 6.92 Å². The molecule has 72 valence electrons. The van der Waals surface area contributed by atoms with Crippen LogP contribution in [0.25, 0.3) is 0 Å². The van der Waals surface area contributed by atoms with E-state index >= 15 is 0 Å². The lowest BCUT2D eigenvalue weighted by Gasteiger charge is -2.04. The number of benzene rings is 1. The molecule has 1 aromatic rings. The Labute approximate surface area is 82.9 Å². The lowest BCUT2D eigenvalue weighted by Crippen LogP contribution is -1.99. The summed E-state index contributed by atoms with van der Waals surface area (Å²) >= 11 is 1.86. The van der Waals surface area contributed by atoms with Gasteiger partial charge in [-0.05, 0) is 30.0 Å². The van der Waals surface area contributed by atoms with E-state index in [1.165, 1.54) is 0 Å². The molecule has 1 rings (SSSR count). The van der Waals surface area contributed by atoms with Crippen LogP contribution in [-0.4, -0.2) is 23.2 Å². The third-order valence-electron chi connectivity index (χ3n) is 1.54. The average Bonchev–Trinajstić information content (AvgIpc) is 2.15. The van der Waals surface area contributed by atoms with Crippen LogP contribution in [0.4, 0.5) is 0 Å². The molecule has 1 aromatic carbocycles. The van der Waals surface area contributed by atoms with Crippen molar-refractivity contribution in [3.8, 4) is 11.5 Å². The maximum absolute atomic E-state index is 9.01. The zero-order valence-electron chi connectivity index (χ0n) is 7.69. The molecule has 0 aromatic heterocycles. The largest absolute Gasteiger partial charge is 0.508 e. The second-order valence-corrected chi connectivity index (χ2v) is 3.93. The SMILES string of the molecule is CCSCCOc1ccc(O)cc1. The molecule has 0 aliphatic heterocycles. The van der Waals surface area contributed by atoms with Crippen LogP contribution in [-0.2, 0) is 0 Å². The smallest absolute Gasteiger partial charge is 0.119 e. The van der Waals surface area contributed by atoms with Gasteiger partial charge in [0.2, 0.25) is 0 Å². The fourth-order valence-corrected chi connectivity index (χ4v) is 1.40. The van der Waals surface area contributed by atoms with Crippen molar-refractivity contribution in [3.63, 3.8) is 0 Å². The first-order chi connectivity index (χ1) is 6.33. The zero-order chi connectivity index (χ0) is 9.52. The standard InChI is InChI=1S/C10H14O2S/c1-2-13-8-7-12-10-5-3-9(11)4-6-10/h3-6,11H,2,7-8H2,1H3. The Hall–Kier alpha value is -0.830. The molecule has 0 saturated carbocycles. The lowest BCUT2D eigenvalue weighted by atomic mass is 10.3. The molecule has 0 unspecified atom stereocenters. The summed E-state index contributed by atoms with van der Waals surface area (Å²) < 4.78 is 5.43. The van der Waals surface area contributed by atoms with Gasteiger partial charge >= 0.3 is 0 Å². The predicted molar refractivity (Wildman–Crippen MR) is 56.6 cm³/mol. The van der Waals surface area contributed by atoms with Crippen LogP contribution in [0.15, 0.2) is 24.3 Å². The van der Waals surface area contributed by atoms with E-state index in [0.29, 0.717) is 0 Å². The third kappa shape index (κ3) is 4.08. The Morgan fingerprint density at radius 3 is 2.62 bits per heavy atom. The van der Waals surface area contributed by atoms with Crippen LogP contribution in [0, 0.1) is 0 Å². The highest BCUT2D eigenvalue weighted by Crippen LogP contribution is 2.15. The molecule has 1 N–H and O–H groups in total. The number of aromatic hydroxyl groups is 1. The molecular formula is C10H14O2S. The number of phenols is 1. The topological polar surface area (TPSA) is 29.5 Å². The van der Waals surface area contributed by atoms with E-state index in [4.69, 9.17) is 9.84 Å². The van der Waals surface area contributed by atoms with Gasteiger partial charge in [-0.1, -0.05) is 6.92 Å². The quantitative estimate of drug-likeness (QED) is 0.737. The first-order valence-electron chi connectivity index (χ1n) is 4.32. The molecule has 0 saturated heterocycles. The van der Waals surface area contributed by atoms with Gasteiger partial charge in [0.15, 0.2) is 0 Å². The maximum Gasteiger partial charge on any atom is 0.119 e. The average molecular weight is 198 g/mol. The van der Waals surface area contributed by atoms with Gasteiger partial charge in [0.05, 0.1) is 6.61 Å². The van der Waals surface area contributed by atoms with Crippen molar-refractivity contribution in [2.75, 3.05) is 18.1 Å². The number of ether oxygens (including phenoxy) is 1. The van der Waals surface area contributed by atoms with E-state index in [0.717, 1.165) is 23.9 Å².